The highest BCUT2D eigenvalue weighted by Gasteiger charge is 2.21. The van der Waals surface area contributed by atoms with Gasteiger partial charge in [0.15, 0.2) is 0 Å². The van der Waals surface area contributed by atoms with Crippen LogP contribution in [0, 0.1) is 10.1 Å². The van der Waals surface area contributed by atoms with Crippen LogP contribution in [0.3, 0.4) is 0 Å². The molecule has 0 bridgehead atoms. The Hall–Kier alpha value is -1.42. The summed E-state index contributed by atoms with van der Waals surface area (Å²) in [7, 11) is 2.05. The average Bonchev–Trinajstić information content (AvgIpc) is 2.19. The SMILES string of the molecule is CC1Cc2ccc([N+](=O)[O-])cc2CN1C. The van der Waals surface area contributed by atoms with E-state index in [2.05, 4.69) is 11.8 Å². The first kappa shape index (κ1) is 10.1. The van der Waals surface area contributed by atoms with Crippen LogP contribution in [0.4, 0.5) is 5.69 Å². The first-order chi connectivity index (χ1) is 7.08. The molecule has 1 aromatic rings. The van der Waals surface area contributed by atoms with Crippen molar-refractivity contribution >= 4 is 5.69 Å². The lowest BCUT2D eigenvalue weighted by molar-refractivity contribution is -0.385. The highest BCUT2D eigenvalue weighted by molar-refractivity contribution is 5.41. The summed E-state index contributed by atoms with van der Waals surface area (Å²) in [5.74, 6) is 0. The number of non-ortho nitro benzene ring substituents is 1. The molecule has 0 aliphatic carbocycles. The number of nitro groups is 1. The van der Waals surface area contributed by atoms with Crippen molar-refractivity contribution in [2.45, 2.75) is 25.9 Å². The number of nitro benzene ring substituents is 1. The topological polar surface area (TPSA) is 46.4 Å². The normalized spacial score (nSPS) is 21.1. The van der Waals surface area contributed by atoms with E-state index in [1.54, 1.807) is 12.1 Å². The van der Waals surface area contributed by atoms with Crippen LogP contribution in [0.25, 0.3) is 0 Å². The standard InChI is InChI=1S/C11H14N2O2/c1-8-5-9-3-4-11(13(14)15)6-10(9)7-12(8)2/h3-4,6,8H,5,7H2,1-2H3. The quantitative estimate of drug-likeness (QED) is 0.521. The summed E-state index contributed by atoms with van der Waals surface area (Å²) >= 11 is 0. The Morgan fingerprint density at radius 1 is 1.47 bits per heavy atom. The molecule has 0 fully saturated rings. The van der Waals surface area contributed by atoms with E-state index >= 15 is 0 Å². The highest BCUT2D eigenvalue weighted by atomic mass is 16.6. The van der Waals surface area contributed by atoms with Crippen molar-refractivity contribution in [3.8, 4) is 0 Å². The van der Waals surface area contributed by atoms with Crippen LogP contribution < -0.4 is 0 Å². The number of rotatable bonds is 1. The van der Waals surface area contributed by atoms with Gasteiger partial charge in [0.1, 0.15) is 0 Å². The summed E-state index contributed by atoms with van der Waals surface area (Å²) in [6.45, 7) is 2.97. The molecule has 1 unspecified atom stereocenters. The molecule has 4 heteroatoms. The Labute approximate surface area is 88.7 Å². The molecule has 0 amide bonds. The predicted octanol–water partition coefficient (Wildman–Crippen LogP) is 1.97. The van der Waals surface area contributed by atoms with Crippen LogP contribution >= 0.6 is 0 Å². The lowest BCUT2D eigenvalue weighted by atomic mass is 9.95. The molecule has 1 aliphatic rings. The molecule has 0 N–H and O–H groups in total. The van der Waals surface area contributed by atoms with E-state index in [9.17, 15) is 10.1 Å². The molecule has 1 atom stereocenters. The smallest absolute Gasteiger partial charge is 0.269 e. The fourth-order valence-electron chi connectivity index (χ4n) is 1.97. The lowest BCUT2D eigenvalue weighted by Crippen LogP contribution is -2.34. The molecule has 2 rings (SSSR count). The second-order valence-electron chi connectivity index (χ2n) is 4.18. The number of likely N-dealkylation sites (N-methyl/N-ethyl adjacent to an activating group) is 1. The van der Waals surface area contributed by atoms with Crippen LogP contribution in [0.2, 0.25) is 0 Å². The van der Waals surface area contributed by atoms with Crippen LogP contribution in [0.5, 0.6) is 0 Å². The third kappa shape index (κ3) is 1.85. The van der Waals surface area contributed by atoms with Gasteiger partial charge in [-0.2, -0.15) is 0 Å². The van der Waals surface area contributed by atoms with E-state index in [4.69, 9.17) is 0 Å². The van der Waals surface area contributed by atoms with Gasteiger partial charge >= 0.3 is 0 Å². The molecule has 15 heavy (non-hydrogen) atoms. The molecule has 1 aliphatic heterocycles. The van der Waals surface area contributed by atoms with E-state index in [1.165, 1.54) is 5.56 Å². The first-order valence-corrected chi connectivity index (χ1v) is 5.04. The Morgan fingerprint density at radius 3 is 2.87 bits per heavy atom. The maximum atomic E-state index is 10.6. The minimum atomic E-state index is -0.335. The Kier molecular flexibility index (Phi) is 2.44. The van der Waals surface area contributed by atoms with Crippen molar-refractivity contribution < 1.29 is 4.92 Å². The van der Waals surface area contributed by atoms with Crippen molar-refractivity contribution in [3.63, 3.8) is 0 Å². The van der Waals surface area contributed by atoms with Crippen LogP contribution in [0.1, 0.15) is 18.1 Å². The zero-order valence-electron chi connectivity index (χ0n) is 8.93. The van der Waals surface area contributed by atoms with Crippen LogP contribution in [0.15, 0.2) is 18.2 Å². The van der Waals surface area contributed by atoms with Crippen molar-refractivity contribution in [2.24, 2.45) is 0 Å². The van der Waals surface area contributed by atoms with Crippen LogP contribution in [-0.4, -0.2) is 22.9 Å². The monoisotopic (exact) mass is 206 g/mol. The predicted molar refractivity (Wildman–Crippen MR) is 57.7 cm³/mol. The molecule has 1 heterocycles. The molecule has 0 aromatic heterocycles. The van der Waals surface area contributed by atoms with E-state index in [1.807, 2.05) is 13.1 Å². The summed E-state index contributed by atoms with van der Waals surface area (Å²) in [5.41, 5.74) is 2.52. The van der Waals surface area contributed by atoms with Gasteiger partial charge in [0.2, 0.25) is 0 Å². The average molecular weight is 206 g/mol. The van der Waals surface area contributed by atoms with Gasteiger partial charge in [-0.3, -0.25) is 15.0 Å². The number of hydrogen-bond acceptors (Lipinski definition) is 3. The van der Waals surface area contributed by atoms with Crippen molar-refractivity contribution in [1.82, 2.24) is 4.90 Å². The van der Waals surface area contributed by atoms with Crippen LogP contribution in [-0.2, 0) is 13.0 Å². The summed E-state index contributed by atoms with van der Waals surface area (Å²) in [6.07, 6.45) is 0.976. The minimum absolute atomic E-state index is 0.191. The number of nitrogens with zero attached hydrogens (tertiary/aromatic N) is 2. The fourth-order valence-corrected chi connectivity index (χ4v) is 1.97. The molecular formula is C11H14N2O2. The van der Waals surface area contributed by atoms with Gasteiger partial charge in [-0.05, 0) is 31.5 Å². The van der Waals surface area contributed by atoms with E-state index < -0.39 is 0 Å². The van der Waals surface area contributed by atoms with Gasteiger partial charge in [-0.25, -0.2) is 0 Å². The third-order valence-electron chi connectivity index (χ3n) is 3.09. The maximum Gasteiger partial charge on any atom is 0.269 e. The highest BCUT2D eigenvalue weighted by Crippen LogP contribution is 2.25. The van der Waals surface area contributed by atoms with Gasteiger partial charge in [0, 0.05) is 24.7 Å². The van der Waals surface area contributed by atoms with Gasteiger partial charge in [0.05, 0.1) is 4.92 Å². The summed E-state index contributed by atoms with van der Waals surface area (Å²) < 4.78 is 0. The molecule has 0 spiro atoms. The number of fused-ring (bicyclic) bond motifs is 1. The van der Waals surface area contributed by atoms with Gasteiger partial charge in [-0.15, -0.1) is 0 Å². The zero-order chi connectivity index (χ0) is 11.0. The Balaban J connectivity index is 2.37. The van der Waals surface area contributed by atoms with Crippen molar-refractivity contribution in [1.29, 1.82) is 0 Å². The summed E-state index contributed by atoms with van der Waals surface area (Å²) in [4.78, 5) is 12.5. The molecule has 80 valence electrons. The molecular weight excluding hydrogens is 192 g/mol. The van der Waals surface area contributed by atoms with E-state index in [0.717, 1.165) is 18.5 Å². The van der Waals surface area contributed by atoms with Gasteiger partial charge in [-0.1, -0.05) is 6.07 Å². The molecule has 0 saturated carbocycles. The number of benzene rings is 1. The zero-order valence-corrected chi connectivity index (χ0v) is 8.93. The summed E-state index contributed by atoms with van der Waals surface area (Å²) in [6, 6.07) is 5.69. The number of hydrogen-bond donors (Lipinski definition) is 0. The second-order valence-corrected chi connectivity index (χ2v) is 4.18. The van der Waals surface area contributed by atoms with E-state index in [-0.39, 0.29) is 10.6 Å². The second kappa shape index (κ2) is 3.62. The van der Waals surface area contributed by atoms with Gasteiger partial charge in [0.25, 0.3) is 5.69 Å². The largest absolute Gasteiger partial charge is 0.299 e. The summed E-state index contributed by atoms with van der Waals surface area (Å²) in [5, 5.41) is 10.6. The fraction of sp³-hybridized carbons (Fsp3) is 0.455. The molecule has 1 aromatic carbocycles. The van der Waals surface area contributed by atoms with Crippen molar-refractivity contribution in [3.05, 3.63) is 39.4 Å². The van der Waals surface area contributed by atoms with Crippen molar-refractivity contribution in [2.75, 3.05) is 7.05 Å². The Bertz CT molecular complexity index is 404. The molecule has 4 nitrogen and oxygen atoms in total. The first-order valence-electron chi connectivity index (χ1n) is 5.04. The lowest BCUT2D eigenvalue weighted by Gasteiger charge is -2.31. The molecule has 0 radical (unpaired) electrons. The minimum Gasteiger partial charge on any atom is -0.299 e. The molecule has 0 saturated heterocycles. The maximum absolute atomic E-state index is 10.6. The van der Waals surface area contributed by atoms with E-state index in [0.29, 0.717) is 6.04 Å². The third-order valence-corrected chi connectivity index (χ3v) is 3.09. The van der Waals surface area contributed by atoms with Gasteiger partial charge < -0.3 is 0 Å². The Morgan fingerprint density at radius 2 is 2.20 bits per heavy atom.